The SMILES string of the molecule is COCc1nc(C2CC(N)C2)cc(N2CCC3(CCC(=O)N3)CC2)n1. The summed E-state index contributed by atoms with van der Waals surface area (Å²) in [6, 6.07) is 2.43. The van der Waals surface area contributed by atoms with Gasteiger partial charge in [0.2, 0.25) is 5.91 Å². The van der Waals surface area contributed by atoms with Gasteiger partial charge in [0.25, 0.3) is 0 Å². The van der Waals surface area contributed by atoms with Crippen LogP contribution in [0.1, 0.15) is 56.0 Å². The fourth-order valence-corrected chi connectivity index (χ4v) is 4.28. The number of hydrogen-bond donors (Lipinski definition) is 2. The van der Waals surface area contributed by atoms with E-state index in [9.17, 15) is 4.79 Å². The van der Waals surface area contributed by atoms with Crippen LogP contribution in [0.4, 0.5) is 5.82 Å². The van der Waals surface area contributed by atoms with E-state index in [0.717, 1.165) is 62.5 Å². The van der Waals surface area contributed by atoms with Gasteiger partial charge in [-0.1, -0.05) is 0 Å². The highest BCUT2D eigenvalue weighted by Crippen LogP contribution is 2.37. The monoisotopic (exact) mass is 345 g/mol. The molecule has 3 heterocycles. The largest absolute Gasteiger partial charge is 0.377 e. The van der Waals surface area contributed by atoms with E-state index in [1.165, 1.54) is 0 Å². The zero-order valence-corrected chi connectivity index (χ0v) is 14.8. The number of nitrogens with two attached hydrogens (primary N) is 1. The van der Waals surface area contributed by atoms with Gasteiger partial charge in [-0.25, -0.2) is 9.97 Å². The quantitative estimate of drug-likeness (QED) is 0.848. The molecule has 7 nitrogen and oxygen atoms in total. The topological polar surface area (TPSA) is 93.4 Å². The number of methoxy groups -OCH3 is 1. The maximum absolute atomic E-state index is 11.6. The van der Waals surface area contributed by atoms with Crippen molar-refractivity contribution >= 4 is 11.7 Å². The molecular weight excluding hydrogens is 318 g/mol. The zero-order valence-electron chi connectivity index (χ0n) is 14.8. The molecule has 2 saturated heterocycles. The number of rotatable bonds is 4. The average molecular weight is 345 g/mol. The van der Waals surface area contributed by atoms with Crippen LogP contribution < -0.4 is 16.0 Å². The molecule has 1 aromatic rings. The van der Waals surface area contributed by atoms with Crippen molar-refractivity contribution in [1.29, 1.82) is 0 Å². The Balaban J connectivity index is 1.50. The molecule has 0 unspecified atom stereocenters. The molecule has 0 bridgehead atoms. The van der Waals surface area contributed by atoms with Crippen molar-refractivity contribution in [1.82, 2.24) is 15.3 Å². The Kier molecular flexibility index (Phi) is 4.37. The number of nitrogens with one attached hydrogen (secondary N) is 1. The minimum absolute atomic E-state index is 0.0134. The highest BCUT2D eigenvalue weighted by Gasteiger charge is 2.40. The van der Waals surface area contributed by atoms with Crippen molar-refractivity contribution < 1.29 is 9.53 Å². The van der Waals surface area contributed by atoms with Gasteiger partial charge in [-0.05, 0) is 32.1 Å². The van der Waals surface area contributed by atoms with Crippen molar-refractivity contribution in [3.05, 3.63) is 17.6 Å². The van der Waals surface area contributed by atoms with Gasteiger partial charge in [0, 0.05) is 55.9 Å². The molecule has 3 fully saturated rings. The Morgan fingerprint density at radius 3 is 2.68 bits per heavy atom. The summed E-state index contributed by atoms with van der Waals surface area (Å²) < 4.78 is 5.25. The van der Waals surface area contributed by atoms with E-state index < -0.39 is 0 Å². The molecule has 7 heteroatoms. The van der Waals surface area contributed by atoms with Gasteiger partial charge in [0.15, 0.2) is 5.82 Å². The number of aromatic nitrogens is 2. The standard InChI is InChI=1S/C18H27N5O2/c1-25-11-15-20-14(12-8-13(19)9-12)10-16(21-15)23-6-4-18(5-7-23)3-2-17(24)22-18/h10,12-13H,2-9,11,19H2,1H3,(H,22,24). The maximum Gasteiger partial charge on any atom is 0.220 e. The first-order valence-corrected chi connectivity index (χ1v) is 9.25. The van der Waals surface area contributed by atoms with Crippen LogP contribution >= 0.6 is 0 Å². The van der Waals surface area contributed by atoms with E-state index in [0.29, 0.717) is 25.0 Å². The molecule has 1 amide bonds. The molecular formula is C18H27N5O2. The van der Waals surface area contributed by atoms with E-state index >= 15 is 0 Å². The molecule has 0 aromatic carbocycles. The molecule has 1 aromatic heterocycles. The number of hydrogen-bond acceptors (Lipinski definition) is 6. The van der Waals surface area contributed by atoms with Gasteiger partial charge in [0.1, 0.15) is 12.4 Å². The van der Waals surface area contributed by atoms with Gasteiger partial charge in [0.05, 0.1) is 0 Å². The van der Waals surface area contributed by atoms with Gasteiger partial charge < -0.3 is 20.7 Å². The molecule has 136 valence electrons. The van der Waals surface area contributed by atoms with Crippen LogP contribution in [0.3, 0.4) is 0 Å². The first-order chi connectivity index (χ1) is 12.1. The fourth-order valence-electron chi connectivity index (χ4n) is 4.28. The third kappa shape index (κ3) is 3.35. The second-order valence-electron chi connectivity index (χ2n) is 7.74. The van der Waals surface area contributed by atoms with Crippen LogP contribution in [0.5, 0.6) is 0 Å². The summed E-state index contributed by atoms with van der Waals surface area (Å²) >= 11 is 0. The van der Waals surface area contributed by atoms with Crippen LogP contribution in [0.2, 0.25) is 0 Å². The van der Waals surface area contributed by atoms with E-state index in [1.54, 1.807) is 7.11 Å². The second-order valence-corrected chi connectivity index (χ2v) is 7.74. The number of carbonyl (C=O) groups is 1. The average Bonchev–Trinajstić information content (AvgIpc) is 2.93. The van der Waals surface area contributed by atoms with Gasteiger partial charge in [-0.2, -0.15) is 0 Å². The fraction of sp³-hybridized carbons (Fsp3) is 0.722. The molecule has 4 rings (SSSR count). The van der Waals surface area contributed by atoms with Crippen LogP contribution in [-0.2, 0) is 16.1 Å². The molecule has 3 aliphatic rings. The first kappa shape index (κ1) is 16.7. The molecule has 0 radical (unpaired) electrons. The number of anilines is 1. The first-order valence-electron chi connectivity index (χ1n) is 9.25. The Bertz CT molecular complexity index is 651. The predicted molar refractivity (Wildman–Crippen MR) is 94.3 cm³/mol. The van der Waals surface area contributed by atoms with Gasteiger partial charge in [-0.15, -0.1) is 0 Å². The van der Waals surface area contributed by atoms with E-state index in [1.807, 2.05) is 0 Å². The van der Waals surface area contributed by atoms with Crippen LogP contribution in [-0.4, -0.2) is 47.7 Å². The van der Waals surface area contributed by atoms with E-state index in [4.69, 9.17) is 15.5 Å². The van der Waals surface area contributed by atoms with Crippen molar-refractivity contribution in [2.24, 2.45) is 5.73 Å². The Morgan fingerprint density at radius 1 is 1.32 bits per heavy atom. The van der Waals surface area contributed by atoms with Crippen molar-refractivity contribution in [2.75, 3.05) is 25.1 Å². The number of nitrogens with zero attached hydrogens (tertiary/aromatic N) is 3. The van der Waals surface area contributed by atoms with Crippen molar-refractivity contribution in [2.45, 2.75) is 62.6 Å². The Labute approximate surface area is 148 Å². The minimum Gasteiger partial charge on any atom is -0.377 e. The summed E-state index contributed by atoms with van der Waals surface area (Å²) in [4.78, 5) is 23.3. The minimum atomic E-state index is 0.0134. The summed E-state index contributed by atoms with van der Waals surface area (Å²) in [5.74, 6) is 2.36. The lowest BCUT2D eigenvalue weighted by atomic mass is 9.78. The van der Waals surface area contributed by atoms with Crippen molar-refractivity contribution in [3.8, 4) is 0 Å². The molecule has 2 aliphatic heterocycles. The van der Waals surface area contributed by atoms with Gasteiger partial charge >= 0.3 is 0 Å². The number of carbonyl (C=O) groups excluding carboxylic acids is 1. The lowest BCUT2D eigenvalue weighted by molar-refractivity contribution is -0.119. The molecule has 3 N–H and O–H groups in total. The second kappa shape index (κ2) is 6.53. The summed E-state index contributed by atoms with van der Waals surface area (Å²) in [5.41, 5.74) is 7.05. The Morgan fingerprint density at radius 2 is 2.08 bits per heavy atom. The molecule has 0 atom stereocenters. The summed E-state index contributed by atoms with van der Waals surface area (Å²) in [5, 5.41) is 3.19. The lowest BCUT2D eigenvalue weighted by Crippen LogP contribution is -2.51. The number of ether oxygens (including phenoxy) is 1. The molecule has 1 aliphatic carbocycles. The highest BCUT2D eigenvalue weighted by atomic mass is 16.5. The molecule has 1 spiro atoms. The molecule has 25 heavy (non-hydrogen) atoms. The third-order valence-electron chi connectivity index (χ3n) is 5.92. The number of amides is 1. The summed E-state index contributed by atoms with van der Waals surface area (Å²) in [6.07, 6.45) is 5.58. The Hall–Kier alpha value is -1.73. The zero-order chi connectivity index (χ0) is 17.4. The predicted octanol–water partition coefficient (Wildman–Crippen LogP) is 1.08. The van der Waals surface area contributed by atoms with Crippen LogP contribution in [0, 0.1) is 0 Å². The number of piperidine rings is 1. The molecule has 1 saturated carbocycles. The summed E-state index contributed by atoms with van der Waals surface area (Å²) in [6.45, 7) is 2.24. The maximum atomic E-state index is 11.6. The van der Waals surface area contributed by atoms with Crippen LogP contribution in [0.25, 0.3) is 0 Å². The van der Waals surface area contributed by atoms with E-state index in [2.05, 4.69) is 21.3 Å². The van der Waals surface area contributed by atoms with Gasteiger partial charge in [-0.3, -0.25) is 4.79 Å². The lowest BCUT2D eigenvalue weighted by Gasteiger charge is -2.40. The summed E-state index contributed by atoms with van der Waals surface area (Å²) in [7, 11) is 1.67. The smallest absolute Gasteiger partial charge is 0.220 e. The normalized spacial score (nSPS) is 28.1. The highest BCUT2D eigenvalue weighted by molar-refractivity contribution is 5.79. The van der Waals surface area contributed by atoms with E-state index in [-0.39, 0.29) is 11.4 Å². The van der Waals surface area contributed by atoms with Crippen molar-refractivity contribution in [3.63, 3.8) is 0 Å². The van der Waals surface area contributed by atoms with Crippen LogP contribution in [0.15, 0.2) is 6.07 Å². The third-order valence-corrected chi connectivity index (χ3v) is 5.92.